The van der Waals surface area contributed by atoms with E-state index in [4.69, 9.17) is 4.74 Å². The molecule has 0 fully saturated rings. The molecule has 0 aliphatic carbocycles. The van der Waals surface area contributed by atoms with Gasteiger partial charge in [0.2, 0.25) is 0 Å². The van der Waals surface area contributed by atoms with E-state index in [1.165, 1.54) is 6.07 Å². The quantitative estimate of drug-likeness (QED) is 0.619. The average molecular weight is 323 g/mol. The van der Waals surface area contributed by atoms with Crippen molar-refractivity contribution in [3.05, 3.63) is 39.9 Å². The monoisotopic (exact) mass is 323 g/mol. The van der Waals surface area contributed by atoms with Gasteiger partial charge in [0.15, 0.2) is 0 Å². The molecule has 128 valence electrons. The predicted molar refractivity (Wildman–Crippen MR) is 88.3 cm³/mol. The summed E-state index contributed by atoms with van der Waals surface area (Å²) in [6.07, 6.45) is -0.464. The van der Waals surface area contributed by atoms with E-state index in [9.17, 15) is 14.9 Å². The number of rotatable bonds is 6. The van der Waals surface area contributed by atoms with Crippen LogP contribution in [-0.2, 0) is 4.74 Å². The maximum absolute atomic E-state index is 11.6. The Balaban J connectivity index is 2.50. The minimum Gasteiger partial charge on any atom is -0.444 e. The highest BCUT2D eigenvalue weighted by atomic mass is 16.6. The second kappa shape index (κ2) is 7.92. The standard InChI is InChI=1S/C16H25N3O4/c1-11(10-17-15(20)23-16(3,4)5)18-12(2)13-7-6-8-14(9-13)19(21)22/h6-9,11-12,18H,10H2,1-5H3,(H,17,20). The van der Waals surface area contributed by atoms with E-state index >= 15 is 0 Å². The average Bonchev–Trinajstić information content (AvgIpc) is 2.43. The molecule has 0 saturated carbocycles. The number of ether oxygens (including phenoxy) is 1. The number of carbonyl (C=O) groups is 1. The maximum Gasteiger partial charge on any atom is 0.407 e. The van der Waals surface area contributed by atoms with Gasteiger partial charge < -0.3 is 15.4 Å². The Kier molecular flexibility index (Phi) is 6.50. The van der Waals surface area contributed by atoms with E-state index in [1.807, 2.05) is 19.9 Å². The number of amides is 1. The zero-order chi connectivity index (χ0) is 17.6. The Labute approximate surface area is 136 Å². The van der Waals surface area contributed by atoms with E-state index in [0.717, 1.165) is 5.56 Å². The molecule has 1 rings (SSSR count). The Morgan fingerprint density at radius 2 is 2.00 bits per heavy atom. The molecule has 2 atom stereocenters. The molecule has 7 nitrogen and oxygen atoms in total. The molecule has 0 spiro atoms. The molecule has 7 heteroatoms. The smallest absolute Gasteiger partial charge is 0.407 e. The summed E-state index contributed by atoms with van der Waals surface area (Å²) in [4.78, 5) is 22.0. The Morgan fingerprint density at radius 3 is 2.57 bits per heavy atom. The topological polar surface area (TPSA) is 93.5 Å². The second-order valence-electron chi connectivity index (χ2n) is 6.52. The van der Waals surface area contributed by atoms with Crippen LogP contribution in [0.5, 0.6) is 0 Å². The first-order valence-corrected chi connectivity index (χ1v) is 7.56. The van der Waals surface area contributed by atoms with Gasteiger partial charge in [-0.1, -0.05) is 12.1 Å². The van der Waals surface area contributed by atoms with Crippen molar-refractivity contribution in [3.63, 3.8) is 0 Å². The molecule has 1 amide bonds. The number of nitro benzene ring substituents is 1. The maximum atomic E-state index is 11.6. The minimum absolute atomic E-state index is 0.0169. The van der Waals surface area contributed by atoms with Crippen molar-refractivity contribution in [1.82, 2.24) is 10.6 Å². The van der Waals surface area contributed by atoms with E-state index in [-0.39, 0.29) is 17.8 Å². The third-order valence-corrected chi connectivity index (χ3v) is 3.07. The van der Waals surface area contributed by atoms with Gasteiger partial charge in [-0.25, -0.2) is 4.79 Å². The number of nitrogens with one attached hydrogen (secondary N) is 2. The zero-order valence-corrected chi connectivity index (χ0v) is 14.3. The largest absolute Gasteiger partial charge is 0.444 e. The van der Waals surface area contributed by atoms with Crippen LogP contribution >= 0.6 is 0 Å². The van der Waals surface area contributed by atoms with Gasteiger partial charge in [0, 0.05) is 30.8 Å². The van der Waals surface area contributed by atoms with Gasteiger partial charge in [0.05, 0.1) is 4.92 Å². The summed E-state index contributed by atoms with van der Waals surface area (Å²) in [5.41, 5.74) is 0.357. The van der Waals surface area contributed by atoms with Crippen LogP contribution in [0.3, 0.4) is 0 Å². The number of carbonyl (C=O) groups excluding carboxylic acids is 1. The second-order valence-corrected chi connectivity index (χ2v) is 6.52. The minimum atomic E-state index is -0.531. The number of hydrogen-bond acceptors (Lipinski definition) is 5. The molecular weight excluding hydrogens is 298 g/mol. The fraction of sp³-hybridized carbons (Fsp3) is 0.562. The van der Waals surface area contributed by atoms with Crippen LogP contribution in [0.1, 0.15) is 46.2 Å². The number of hydrogen-bond donors (Lipinski definition) is 2. The van der Waals surface area contributed by atoms with Crippen molar-refractivity contribution in [3.8, 4) is 0 Å². The summed E-state index contributed by atoms with van der Waals surface area (Å²) in [5.74, 6) is 0. The fourth-order valence-electron chi connectivity index (χ4n) is 2.04. The van der Waals surface area contributed by atoms with Gasteiger partial charge in [-0.3, -0.25) is 10.1 Å². The molecule has 0 heterocycles. The van der Waals surface area contributed by atoms with E-state index in [2.05, 4.69) is 10.6 Å². The van der Waals surface area contributed by atoms with E-state index in [0.29, 0.717) is 6.54 Å². The van der Waals surface area contributed by atoms with Crippen LogP contribution in [0.4, 0.5) is 10.5 Å². The van der Waals surface area contributed by atoms with Crippen LogP contribution in [0.25, 0.3) is 0 Å². The summed E-state index contributed by atoms with van der Waals surface area (Å²) in [6.45, 7) is 9.65. The van der Waals surface area contributed by atoms with Crippen molar-refractivity contribution in [1.29, 1.82) is 0 Å². The van der Waals surface area contributed by atoms with Gasteiger partial charge in [0.1, 0.15) is 5.60 Å². The summed E-state index contributed by atoms with van der Waals surface area (Å²) in [7, 11) is 0. The van der Waals surface area contributed by atoms with Gasteiger partial charge in [0.25, 0.3) is 5.69 Å². The molecule has 0 saturated heterocycles. The van der Waals surface area contributed by atoms with Gasteiger partial charge in [-0.15, -0.1) is 0 Å². The summed E-state index contributed by atoms with van der Waals surface area (Å²) in [5, 5.41) is 16.8. The molecule has 23 heavy (non-hydrogen) atoms. The number of non-ortho nitro benzene ring substituents is 1. The summed E-state index contributed by atoms with van der Waals surface area (Å²) >= 11 is 0. The number of alkyl carbamates (subject to hydrolysis) is 1. The summed E-state index contributed by atoms with van der Waals surface area (Å²) < 4.78 is 5.17. The lowest BCUT2D eigenvalue weighted by molar-refractivity contribution is -0.384. The lowest BCUT2D eigenvalue weighted by atomic mass is 10.1. The highest BCUT2D eigenvalue weighted by Gasteiger charge is 2.17. The molecule has 1 aromatic carbocycles. The van der Waals surface area contributed by atoms with Crippen molar-refractivity contribution in [2.75, 3.05) is 6.54 Å². The van der Waals surface area contributed by atoms with Crippen LogP contribution in [-0.4, -0.2) is 29.2 Å². The third kappa shape index (κ3) is 7.10. The first kappa shape index (κ1) is 18.9. The summed E-state index contributed by atoms with van der Waals surface area (Å²) in [6, 6.07) is 6.41. The zero-order valence-electron chi connectivity index (χ0n) is 14.3. The van der Waals surface area contributed by atoms with Gasteiger partial charge >= 0.3 is 6.09 Å². The highest BCUT2D eigenvalue weighted by Crippen LogP contribution is 2.19. The number of nitro groups is 1. The molecular formula is C16H25N3O4. The highest BCUT2D eigenvalue weighted by molar-refractivity contribution is 5.67. The molecule has 2 unspecified atom stereocenters. The van der Waals surface area contributed by atoms with Crippen LogP contribution in [0.2, 0.25) is 0 Å². The van der Waals surface area contributed by atoms with Crippen molar-refractivity contribution in [2.24, 2.45) is 0 Å². The number of nitrogens with zero attached hydrogens (tertiary/aromatic N) is 1. The first-order chi connectivity index (χ1) is 10.6. The fourth-order valence-corrected chi connectivity index (χ4v) is 2.04. The molecule has 2 N–H and O–H groups in total. The van der Waals surface area contributed by atoms with Crippen molar-refractivity contribution >= 4 is 11.8 Å². The predicted octanol–water partition coefficient (Wildman–Crippen LogP) is 3.16. The van der Waals surface area contributed by atoms with E-state index < -0.39 is 16.6 Å². The Morgan fingerprint density at radius 1 is 1.35 bits per heavy atom. The molecule has 1 aromatic rings. The molecule has 0 bridgehead atoms. The van der Waals surface area contributed by atoms with Crippen molar-refractivity contribution in [2.45, 2.75) is 52.3 Å². The Bertz CT molecular complexity index is 555. The third-order valence-electron chi connectivity index (χ3n) is 3.07. The first-order valence-electron chi connectivity index (χ1n) is 7.56. The van der Waals surface area contributed by atoms with Gasteiger partial charge in [-0.2, -0.15) is 0 Å². The lowest BCUT2D eigenvalue weighted by Crippen LogP contribution is -2.41. The van der Waals surface area contributed by atoms with E-state index in [1.54, 1.807) is 32.9 Å². The van der Waals surface area contributed by atoms with Crippen LogP contribution in [0, 0.1) is 10.1 Å². The molecule has 0 aromatic heterocycles. The molecule has 0 radical (unpaired) electrons. The molecule has 0 aliphatic rings. The SMILES string of the molecule is CC(CNC(=O)OC(C)(C)C)NC(C)c1cccc([N+](=O)[O-])c1. The van der Waals surface area contributed by atoms with Crippen LogP contribution < -0.4 is 10.6 Å². The van der Waals surface area contributed by atoms with Crippen LogP contribution in [0.15, 0.2) is 24.3 Å². The number of benzene rings is 1. The van der Waals surface area contributed by atoms with Crippen molar-refractivity contribution < 1.29 is 14.5 Å². The van der Waals surface area contributed by atoms with Gasteiger partial charge in [-0.05, 0) is 40.2 Å². The molecule has 0 aliphatic heterocycles. The Hall–Kier alpha value is -2.15. The normalized spacial score (nSPS) is 14.0. The lowest BCUT2D eigenvalue weighted by Gasteiger charge is -2.23.